The highest BCUT2D eigenvalue weighted by Crippen LogP contribution is 2.24. The minimum Gasteiger partial charge on any atom is -0.370 e. The predicted octanol–water partition coefficient (Wildman–Crippen LogP) is 2.50. The molecule has 1 fully saturated rings. The first kappa shape index (κ1) is 14.4. The monoisotopic (exact) mass is 261 g/mol. The van der Waals surface area contributed by atoms with E-state index >= 15 is 0 Å². The van der Waals surface area contributed by atoms with Crippen LogP contribution in [0.25, 0.3) is 0 Å². The Labute approximate surface area is 117 Å². The Bertz CT molecular complexity index is 381. The molecule has 1 N–H and O–H groups in total. The van der Waals surface area contributed by atoms with Crippen molar-refractivity contribution in [2.24, 2.45) is 0 Å². The van der Waals surface area contributed by atoms with Crippen molar-refractivity contribution >= 4 is 5.69 Å². The van der Waals surface area contributed by atoms with Crippen LogP contribution in [-0.2, 0) is 0 Å². The number of benzene rings is 1. The van der Waals surface area contributed by atoms with Gasteiger partial charge in [0.25, 0.3) is 0 Å². The number of hydrogen-bond donors (Lipinski definition) is 1. The molecule has 106 valence electrons. The zero-order chi connectivity index (χ0) is 13.8. The number of hydrogen-bond acceptors (Lipinski definition) is 3. The van der Waals surface area contributed by atoms with E-state index in [4.69, 9.17) is 0 Å². The molecular weight excluding hydrogens is 234 g/mol. The van der Waals surface area contributed by atoms with Crippen LogP contribution in [0.15, 0.2) is 24.3 Å². The fourth-order valence-corrected chi connectivity index (χ4v) is 2.92. The van der Waals surface area contributed by atoms with Gasteiger partial charge in [0.05, 0.1) is 0 Å². The molecule has 3 heteroatoms. The summed E-state index contributed by atoms with van der Waals surface area (Å²) in [6.07, 6.45) is 2.39. The summed E-state index contributed by atoms with van der Waals surface area (Å²) in [6.45, 7) is 4.54. The second-order valence-corrected chi connectivity index (χ2v) is 5.69. The minimum absolute atomic E-state index is 0.474. The van der Waals surface area contributed by atoms with Crippen LogP contribution < -0.4 is 10.2 Å². The molecule has 2 rings (SSSR count). The maximum Gasteiger partial charge on any atom is 0.0366 e. The maximum absolute atomic E-state index is 3.36. The lowest BCUT2D eigenvalue weighted by Crippen LogP contribution is -2.31. The van der Waals surface area contributed by atoms with E-state index in [9.17, 15) is 0 Å². The van der Waals surface area contributed by atoms with E-state index in [1.807, 2.05) is 7.05 Å². The molecule has 0 aromatic heterocycles. The summed E-state index contributed by atoms with van der Waals surface area (Å²) in [5, 5.41) is 3.36. The highest BCUT2D eigenvalue weighted by Gasteiger charge is 2.24. The second-order valence-electron chi connectivity index (χ2n) is 5.69. The van der Waals surface area contributed by atoms with E-state index in [1.165, 1.54) is 24.2 Å². The first-order valence-electron chi connectivity index (χ1n) is 7.34. The third kappa shape index (κ3) is 3.28. The smallest absolute Gasteiger partial charge is 0.0366 e. The molecule has 0 spiro atoms. The molecule has 1 aliphatic rings. The number of nitrogens with one attached hydrogen (secondary N) is 1. The third-order valence-electron chi connectivity index (χ3n) is 4.31. The molecule has 0 bridgehead atoms. The first-order valence-corrected chi connectivity index (χ1v) is 7.34. The van der Waals surface area contributed by atoms with E-state index in [2.05, 4.69) is 60.4 Å². The van der Waals surface area contributed by atoms with Gasteiger partial charge in [-0.1, -0.05) is 19.1 Å². The van der Waals surface area contributed by atoms with Gasteiger partial charge in [0.15, 0.2) is 0 Å². The molecule has 0 radical (unpaired) electrons. The zero-order valence-electron chi connectivity index (χ0n) is 12.7. The van der Waals surface area contributed by atoms with Crippen molar-refractivity contribution in [3.05, 3.63) is 29.8 Å². The van der Waals surface area contributed by atoms with Crippen LogP contribution >= 0.6 is 0 Å². The molecule has 2 atom stereocenters. The highest BCUT2D eigenvalue weighted by molar-refractivity contribution is 5.49. The summed E-state index contributed by atoms with van der Waals surface area (Å²) in [7, 11) is 6.39. The van der Waals surface area contributed by atoms with Crippen LogP contribution in [0, 0.1) is 0 Å². The van der Waals surface area contributed by atoms with E-state index in [-0.39, 0.29) is 0 Å². The van der Waals surface area contributed by atoms with Gasteiger partial charge in [-0.25, -0.2) is 0 Å². The minimum atomic E-state index is 0.474. The summed E-state index contributed by atoms with van der Waals surface area (Å²) in [5.41, 5.74) is 2.75. The van der Waals surface area contributed by atoms with Crippen molar-refractivity contribution < 1.29 is 0 Å². The summed E-state index contributed by atoms with van der Waals surface area (Å²) in [6, 6.07) is 10.2. The quantitative estimate of drug-likeness (QED) is 0.878. The van der Waals surface area contributed by atoms with Crippen molar-refractivity contribution in [1.29, 1.82) is 0 Å². The molecule has 2 unspecified atom stereocenters. The summed E-state index contributed by atoms with van der Waals surface area (Å²) in [4.78, 5) is 4.83. The summed E-state index contributed by atoms with van der Waals surface area (Å²) in [5.74, 6) is 0. The highest BCUT2D eigenvalue weighted by atomic mass is 15.2. The molecule has 1 saturated heterocycles. The summed E-state index contributed by atoms with van der Waals surface area (Å²) < 4.78 is 0. The molecule has 1 aliphatic heterocycles. The van der Waals surface area contributed by atoms with Gasteiger partial charge in [-0.2, -0.15) is 0 Å². The lowest BCUT2D eigenvalue weighted by molar-refractivity contribution is 0.315. The van der Waals surface area contributed by atoms with Crippen molar-refractivity contribution in [3.8, 4) is 0 Å². The van der Waals surface area contributed by atoms with Crippen molar-refractivity contribution in [3.63, 3.8) is 0 Å². The predicted molar refractivity (Wildman–Crippen MR) is 82.8 cm³/mol. The fourth-order valence-electron chi connectivity index (χ4n) is 2.92. The lowest BCUT2D eigenvalue weighted by atomic mass is 10.0. The first-order chi connectivity index (χ1) is 9.15. The van der Waals surface area contributed by atoms with Gasteiger partial charge in [0.2, 0.25) is 0 Å². The van der Waals surface area contributed by atoms with Crippen molar-refractivity contribution in [1.82, 2.24) is 10.2 Å². The molecule has 0 saturated carbocycles. The third-order valence-corrected chi connectivity index (χ3v) is 4.31. The van der Waals surface area contributed by atoms with Gasteiger partial charge in [-0.15, -0.1) is 0 Å². The van der Waals surface area contributed by atoms with Gasteiger partial charge in [0, 0.05) is 30.9 Å². The van der Waals surface area contributed by atoms with Gasteiger partial charge in [-0.3, -0.25) is 0 Å². The Morgan fingerprint density at radius 3 is 2.47 bits per heavy atom. The van der Waals surface area contributed by atoms with Gasteiger partial charge in [0.1, 0.15) is 0 Å². The van der Waals surface area contributed by atoms with Gasteiger partial charge in [-0.05, 0) is 51.7 Å². The van der Waals surface area contributed by atoms with Gasteiger partial charge < -0.3 is 15.1 Å². The zero-order valence-corrected chi connectivity index (χ0v) is 12.7. The van der Waals surface area contributed by atoms with E-state index in [0.717, 1.165) is 13.0 Å². The Kier molecular flexibility index (Phi) is 4.83. The van der Waals surface area contributed by atoms with Crippen LogP contribution in [-0.4, -0.2) is 45.2 Å². The average Bonchev–Trinajstić information content (AvgIpc) is 2.91. The van der Waals surface area contributed by atoms with E-state index < -0.39 is 0 Å². The molecule has 0 amide bonds. The Morgan fingerprint density at radius 1 is 1.32 bits per heavy atom. The Balaban J connectivity index is 2.03. The number of rotatable bonds is 5. The molecule has 1 aromatic rings. The Hall–Kier alpha value is -1.06. The lowest BCUT2D eigenvalue weighted by Gasteiger charge is -2.22. The molecule has 19 heavy (non-hydrogen) atoms. The van der Waals surface area contributed by atoms with Crippen molar-refractivity contribution in [2.45, 2.75) is 31.8 Å². The van der Waals surface area contributed by atoms with E-state index in [1.54, 1.807) is 0 Å². The maximum atomic E-state index is 3.36. The average molecular weight is 261 g/mol. The summed E-state index contributed by atoms with van der Waals surface area (Å²) >= 11 is 0. The molecule has 3 nitrogen and oxygen atoms in total. The van der Waals surface area contributed by atoms with Crippen LogP contribution in [0.4, 0.5) is 5.69 Å². The molecule has 0 aliphatic carbocycles. The molecule has 1 aromatic carbocycles. The molecular formula is C16H27N3. The number of anilines is 1. The number of nitrogens with zero attached hydrogens (tertiary/aromatic N) is 2. The second kappa shape index (κ2) is 6.40. The van der Waals surface area contributed by atoms with Crippen LogP contribution in [0.1, 0.15) is 31.4 Å². The molecule has 1 heterocycles. The van der Waals surface area contributed by atoms with Crippen LogP contribution in [0.5, 0.6) is 0 Å². The van der Waals surface area contributed by atoms with Gasteiger partial charge >= 0.3 is 0 Å². The van der Waals surface area contributed by atoms with E-state index in [0.29, 0.717) is 12.1 Å². The normalized spacial score (nSPS) is 21.1. The topological polar surface area (TPSA) is 18.5 Å². The van der Waals surface area contributed by atoms with Crippen LogP contribution in [0.3, 0.4) is 0 Å². The largest absolute Gasteiger partial charge is 0.370 e. The fraction of sp³-hybridized carbons (Fsp3) is 0.625. The Morgan fingerprint density at radius 2 is 2.00 bits per heavy atom. The number of likely N-dealkylation sites (N-methyl/N-ethyl adjacent to an activating group) is 1. The van der Waals surface area contributed by atoms with Crippen molar-refractivity contribution in [2.75, 3.05) is 39.1 Å². The SMILES string of the molecule is CCC(NC)c1ccc(N2CCC(N(C)C)C2)cc1. The van der Waals surface area contributed by atoms with Crippen LogP contribution in [0.2, 0.25) is 0 Å². The standard InChI is InChI=1S/C16H27N3/c1-5-16(17-2)13-6-8-14(9-7-13)19-11-10-15(12-19)18(3)4/h6-9,15-17H,5,10-12H2,1-4H3.